The molecule has 1 aromatic heterocycles. The quantitative estimate of drug-likeness (QED) is 0.672. The Kier molecular flexibility index (Phi) is 4.46. The number of methoxy groups -OCH3 is 1. The van der Waals surface area contributed by atoms with Crippen molar-refractivity contribution < 1.29 is 17.9 Å². The first-order valence-electron chi connectivity index (χ1n) is 7.98. The third kappa shape index (κ3) is 3.34. The van der Waals surface area contributed by atoms with Gasteiger partial charge in [-0.1, -0.05) is 23.7 Å². The van der Waals surface area contributed by atoms with E-state index in [0.717, 1.165) is 4.88 Å². The number of amides is 1. The molecule has 1 aliphatic rings. The number of hydrogen-bond donors (Lipinski definition) is 1. The number of carbonyl (C=O) groups is 1. The second-order valence-electron chi connectivity index (χ2n) is 6.05. The van der Waals surface area contributed by atoms with Crippen LogP contribution in [-0.2, 0) is 15.6 Å². The van der Waals surface area contributed by atoms with Crippen molar-refractivity contribution in [3.8, 4) is 16.2 Å². The van der Waals surface area contributed by atoms with Gasteiger partial charge in [0.2, 0.25) is 0 Å². The molecule has 4 rings (SSSR count). The van der Waals surface area contributed by atoms with Crippen LogP contribution in [0.3, 0.4) is 0 Å². The largest absolute Gasteiger partial charge is 0.497 e. The predicted molar refractivity (Wildman–Crippen MR) is 107 cm³/mol. The minimum Gasteiger partial charge on any atom is -0.497 e. The van der Waals surface area contributed by atoms with Crippen LogP contribution < -0.4 is 10.1 Å². The molecule has 8 heteroatoms. The van der Waals surface area contributed by atoms with Gasteiger partial charge >= 0.3 is 0 Å². The lowest BCUT2D eigenvalue weighted by atomic mass is 10.1. The van der Waals surface area contributed by atoms with E-state index in [4.69, 9.17) is 16.3 Å². The van der Waals surface area contributed by atoms with Gasteiger partial charge < -0.3 is 10.1 Å². The van der Waals surface area contributed by atoms with Crippen molar-refractivity contribution in [1.82, 2.24) is 0 Å². The zero-order chi connectivity index (χ0) is 19.2. The smallest absolute Gasteiger partial charge is 0.265 e. The van der Waals surface area contributed by atoms with Crippen LogP contribution in [0.5, 0.6) is 5.75 Å². The zero-order valence-electron chi connectivity index (χ0n) is 14.2. The molecule has 0 unspecified atom stereocenters. The number of sulfone groups is 1. The Balaban J connectivity index is 1.70. The van der Waals surface area contributed by atoms with Gasteiger partial charge in [-0.25, -0.2) is 8.42 Å². The molecule has 1 N–H and O–H groups in total. The van der Waals surface area contributed by atoms with Crippen molar-refractivity contribution >= 4 is 44.4 Å². The maximum absolute atomic E-state index is 12.6. The summed E-state index contributed by atoms with van der Waals surface area (Å²) < 4.78 is 30.3. The van der Waals surface area contributed by atoms with Gasteiger partial charge in [0.1, 0.15) is 5.75 Å². The third-order valence-corrected chi connectivity index (χ3v) is 7.37. The number of thiophene rings is 1. The molecule has 0 saturated heterocycles. The first-order valence-corrected chi connectivity index (χ1v) is 10.8. The molecule has 138 valence electrons. The van der Waals surface area contributed by atoms with E-state index in [9.17, 15) is 13.2 Å². The van der Waals surface area contributed by atoms with Crippen LogP contribution in [0, 0.1) is 0 Å². The number of carbonyl (C=O) groups excluding carboxylic acids is 1. The number of fused-ring (bicyclic) bond motifs is 3. The fraction of sp³-hybridized carbons (Fsp3) is 0.105. The number of ether oxygens (including phenoxy) is 1. The summed E-state index contributed by atoms with van der Waals surface area (Å²) in [4.78, 5) is 14.1. The van der Waals surface area contributed by atoms with E-state index >= 15 is 0 Å². The zero-order valence-corrected chi connectivity index (χ0v) is 16.5. The van der Waals surface area contributed by atoms with Crippen LogP contribution in [0.1, 0.15) is 15.2 Å². The van der Waals surface area contributed by atoms with Crippen LogP contribution in [0.15, 0.2) is 53.4 Å². The molecule has 0 atom stereocenters. The molecule has 0 fully saturated rings. The first kappa shape index (κ1) is 18.0. The summed E-state index contributed by atoms with van der Waals surface area (Å²) in [6.45, 7) is 0. The number of anilines is 1. The summed E-state index contributed by atoms with van der Waals surface area (Å²) in [5.74, 6) is 0.198. The molecule has 0 radical (unpaired) electrons. The fourth-order valence-electron chi connectivity index (χ4n) is 2.99. The van der Waals surface area contributed by atoms with Gasteiger partial charge in [-0.05, 0) is 35.9 Å². The summed E-state index contributed by atoms with van der Waals surface area (Å²) in [6.07, 6.45) is 0. The summed E-state index contributed by atoms with van der Waals surface area (Å²) in [5, 5.41) is 3.19. The van der Waals surface area contributed by atoms with Gasteiger partial charge in [0.25, 0.3) is 5.91 Å². The molecule has 5 nitrogen and oxygen atoms in total. The number of hydrogen-bond acceptors (Lipinski definition) is 5. The fourth-order valence-corrected chi connectivity index (χ4v) is 6.10. The van der Waals surface area contributed by atoms with Crippen LogP contribution in [0.4, 0.5) is 5.69 Å². The van der Waals surface area contributed by atoms with Gasteiger partial charge in [-0.15, -0.1) is 11.3 Å². The summed E-state index contributed by atoms with van der Waals surface area (Å²) in [6, 6.07) is 13.5. The Hall–Kier alpha value is -2.35. The molecule has 3 aromatic rings. The monoisotopic (exact) mass is 419 g/mol. The third-order valence-electron chi connectivity index (χ3n) is 4.23. The van der Waals surface area contributed by atoms with Gasteiger partial charge in [0.05, 0.1) is 22.6 Å². The normalized spacial score (nSPS) is 14.1. The van der Waals surface area contributed by atoms with E-state index in [1.165, 1.54) is 17.4 Å². The minimum atomic E-state index is -3.48. The van der Waals surface area contributed by atoms with E-state index in [-0.39, 0.29) is 16.6 Å². The molecule has 0 saturated carbocycles. The molecule has 27 heavy (non-hydrogen) atoms. The van der Waals surface area contributed by atoms with Crippen molar-refractivity contribution in [1.29, 1.82) is 0 Å². The maximum Gasteiger partial charge on any atom is 0.265 e. The minimum absolute atomic E-state index is 0.140. The van der Waals surface area contributed by atoms with Crippen molar-refractivity contribution in [2.75, 3.05) is 12.4 Å². The van der Waals surface area contributed by atoms with Crippen molar-refractivity contribution in [3.63, 3.8) is 0 Å². The molecule has 2 aromatic carbocycles. The van der Waals surface area contributed by atoms with E-state index in [1.54, 1.807) is 49.6 Å². The topological polar surface area (TPSA) is 72.5 Å². The highest BCUT2D eigenvalue weighted by atomic mass is 35.5. The predicted octanol–water partition coefficient (Wildman–Crippen LogP) is 4.62. The second-order valence-corrected chi connectivity index (χ2v) is 9.50. The van der Waals surface area contributed by atoms with E-state index in [0.29, 0.717) is 32.5 Å². The number of rotatable bonds is 3. The van der Waals surface area contributed by atoms with Gasteiger partial charge in [0.15, 0.2) is 9.84 Å². The standard InChI is InChI=1S/C19H14ClNO4S2/c1-25-14-4-2-3-13(9-14)21-19(22)16-7-11-10-27(23,24)17-8-12(20)5-6-15(17)18(11)26-16/h2-9H,10H2,1H3,(H,21,22). The van der Waals surface area contributed by atoms with Crippen molar-refractivity contribution in [2.45, 2.75) is 10.6 Å². The van der Waals surface area contributed by atoms with E-state index < -0.39 is 9.84 Å². The molecule has 1 aliphatic heterocycles. The second kappa shape index (κ2) is 6.67. The summed E-state index contributed by atoms with van der Waals surface area (Å²) in [7, 11) is -1.93. The molecule has 2 heterocycles. The lowest BCUT2D eigenvalue weighted by molar-refractivity contribution is 0.103. The summed E-state index contributed by atoms with van der Waals surface area (Å²) in [5.41, 5.74) is 1.82. The van der Waals surface area contributed by atoms with Gasteiger partial charge in [-0.3, -0.25) is 4.79 Å². The number of benzene rings is 2. The van der Waals surface area contributed by atoms with Crippen LogP contribution >= 0.6 is 22.9 Å². The first-order chi connectivity index (χ1) is 12.9. The lowest BCUT2D eigenvalue weighted by Gasteiger charge is -2.16. The molecule has 0 spiro atoms. The number of nitrogens with one attached hydrogen (secondary N) is 1. The Morgan fingerprint density at radius 2 is 2.00 bits per heavy atom. The van der Waals surface area contributed by atoms with E-state index in [2.05, 4.69) is 5.32 Å². The highest BCUT2D eigenvalue weighted by Gasteiger charge is 2.31. The van der Waals surface area contributed by atoms with Crippen molar-refractivity contribution in [2.24, 2.45) is 0 Å². The van der Waals surface area contributed by atoms with Gasteiger partial charge in [-0.2, -0.15) is 0 Å². The van der Waals surface area contributed by atoms with E-state index in [1.807, 2.05) is 0 Å². The maximum atomic E-state index is 12.6. The van der Waals surface area contributed by atoms with Crippen LogP contribution in [0.2, 0.25) is 5.02 Å². The highest BCUT2D eigenvalue weighted by Crippen LogP contribution is 2.43. The Morgan fingerprint density at radius 3 is 2.78 bits per heavy atom. The van der Waals surface area contributed by atoms with Crippen LogP contribution in [0.25, 0.3) is 10.4 Å². The lowest BCUT2D eigenvalue weighted by Crippen LogP contribution is -2.11. The average Bonchev–Trinajstić information content (AvgIpc) is 3.05. The average molecular weight is 420 g/mol. The molecule has 0 bridgehead atoms. The molecular weight excluding hydrogens is 406 g/mol. The molecular formula is C19H14ClNO4S2. The Labute approximate surface area is 165 Å². The highest BCUT2D eigenvalue weighted by molar-refractivity contribution is 7.91. The Morgan fingerprint density at radius 1 is 1.19 bits per heavy atom. The SMILES string of the molecule is COc1cccc(NC(=O)c2cc3c(s2)-c2ccc(Cl)cc2S(=O)(=O)C3)c1. The van der Waals surface area contributed by atoms with Crippen LogP contribution in [-0.4, -0.2) is 21.4 Å². The summed E-state index contributed by atoms with van der Waals surface area (Å²) >= 11 is 7.24. The van der Waals surface area contributed by atoms with Crippen molar-refractivity contribution in [3.05, 3.63) is 64.0 Å². The molecule has 0 aliphatic carbocycles. The van der Waals surface area contributed by atoms with Gasteiger partial charge in [0, 0.05) is 27.2 Å². The molecule has 1 amide bonds. The number of halogens is 1. The Bertz CT molecular complexity index is 1170.